The lowest BCUT2D eigenvalue weighted by Gasteiger charge is -2.23. The van der Waals surface area contributed by atoms with Crippen LogP contribution in [-0.4, -0.2) is 24.9 Å². The van der Waals surface area contributed by atoms with Crippen LogP contribution in [-0.2, 0) is 0 Å². The second kappa shape index (κ2) is 6.72. The molecule has 0 heterocycles. The van der Waals surface area contributed by atoms with Crippen LogP contribution >= 0.6 is 0 Å². The minimum Gasteiger partial charge on any atom is -0.381 e. The van der Waals surface area contributed by atoms with Gasteiger partial charge in [-0.15, -0.1) is 0 Å². The molecule has 1 nitrogen and oxygen atoms in total. The van der Waals surface area contributed by atoms with Crippen LogP contribution in [0.2, 0.25) is 0 Å². The number of hydrogen-bond donors (Lipinski definition) is 0. The Labute approximate surface area is 110 Å². The fourth-order valence-electron chi connectivity index (χ4n) is 1.80. The Kier molecular flexibility index (Phi) is 6.30. The van der Waals surface area contributed by atoms with E-state index in [-0.39, 0.29) is 5.57 Å². The third-order valence-electron chi connectivity index (χ3n) is 2.99. The van der Waals surface area contributed by atoms with Crippen LogP contribution in [0.5, 0.6) is 0 Å². The fourth-order valence-corrected chi connectivity index (χ4v) is 1.80. The smallest absolute Gasteiger partial charge is 0.270 e. The summed E-state index contributed by atoms with van der Waals surface area (Å²) in [5, 5.41) is 0. The SMILES string of the molecule is C=C(C)/C(=C\C=C(/C(C)CC)N(C)C)C(C)(F)F. The van der Waals surface area contributed by atoms with Gasteiger partial charge in [-0.2, -0.15) is 0 Å². The molecule has 0 spiro atoms. The highest BCUT2D eigenvalue weighted by atomic mass is 19.3. The van der Waals surface area contributed by atoms with Gasteiger partial charge in [-0.25, -0.2) is 8.78 Å². The van der Waals surface area contributed by atoms with E-state index in [4.69, 9.17) is 0 Å². The van der Waals surface area contributed by atoms with Crippen molar-refractivity contribution in [2.45, 2.75) is 40.0 Å². The number of hydrogen-bond acceptors (Lipinski definition) is 1. The highest BCUT2D eigenvalue weighted by molar-refractivity contribution is 5.36. The Morgan fingerprint density at radius 1 is 1.33 bits per heavy atom. The van der Waals surface area contributed by atoms with Gasteiger partial charge in [-0.1, -0.05) is 26.5 Å². The highest BCUT2D eigenvalue weighted by Crippen LogP contribution is 2.29. The predicted octanol–water partition coefficient (Wildman–Crippen LogP) is 4.64. The van der Waals surface area contributed by atoms with Gasteiger partial charge in [-0.05, 0) is 30.9 Å². The zero-order valence-electron chi connectivity index (χ0n) is 12.3. The summed E-state index contributed by atoms with van der Waals surface area (Å²) in [4.78, 5) is 1.97. The van der Waals surface area contributed by atoms with Crippen LogP contribution in [0.4, 0.5) is 8.78 Å². The molecule has 0 aliphatic rings. The molecule has 0 fully saturated rings. The van der Waals surface area contributed by atoms with Gasteiger partial charge in [-0.3, -0.25) is 0 Å². The summed E-state index contributed by atoms with van der Waals surface area (Å²) in [5.41, 5.74) is 1.44. The minimum atomic E-state index is -2.85. The number of nitrogens with zero attached hydrogens (tertiary/aromatic N) is 1. The summed E-state index contributed by atoms with van der Waals surface area (Å²) in [6, 6.07) is 0. The highest BCUT2D eigenvalue weighted by Gasteiger charge is 2.27. The number of allylic oxidation sites excluding steroid dienone is 5. The Morgan fingerprint density at radius 2 is 1.83 bits per heavy atom. The second-order valence-electron chi connectivity index (χ2n) is 5.04. The molecule has 0 aliphatic heterocycles. The molecular formula is C15H25F2N. The third-order valence-corrected chi connectivity index (χ3v) is 2.99. The van der Waals surface area contributed by atoms with E-state index < -0.39 is 5.92 Å². The summed E-state index contributed by atoms with van der Waals surface area (Å²) < 4.78 is 26.8. The van der Waals surface area contributed by atoms with Crippen molar-refractivity contribution in [3.8, 4) is 0 Å². The van der Waals surface area contributed by atoms with E-state index in [1.165, 1.54) is 6.08 Å². The van der Waals surface area contributed by atoms with Gasteiger partial charge in [0, 0.05) is 32.3 Å². The first kappa shape index (κ1) is 16.9. The quantitative estimate of drug-likeness (QED) is 0.627. The molecule has 0 aromatic rings. The van der Waals surface area contributed by atoms with Gasteiger partial charge in [0.15, 0.2) is 0 Å². The molecule has 1 unspecified atom stereocenters. The van der Waals surface area contributed by atoms with Crippen LogP contribution in [0.3, 0.4) is 0 Å². The first-order valence-electron chi connectivity index (χ1n) is 6.24. The van der Waals surface area contributed by atoms with Gasteiger partial charge in [0.2, 0.25) is 0 Å². The molecule has 3 heteroatoms. The van der Waals surface area contributed by atoms with E-state index in [0.29, 0.717) is 11.5 Å². The molecule has 0 saturated heterocycles. The number of halogens is 2. The van der Waals surface area contributed by atoms with E-state index in [1.54, 1.807) is 13.0 Å². The van der Waals surface area contributed by atoms with E-state index in [0.717, 1.165) is 19.0 Å². The molecule has 104 valence electrons. The molecule has 0 rings (SSSR count). The largest absolute Gasteiger partial charge is 0.381 e. The van der Waals surface area contributed by atoms with Crippen LogP contribution in [0.1, 0.15) is 34.1 Å². The maximum atomic E-state index is 13.4. The van der Waals surface area contributed by atoms with E-state index >= 15 is 0 Å². The van der Waals surface area contributed by atoms with Gasteiger partial charge >= 0.3 is 0 Å². The molecule has 0 radical (unpaired) electrons. The lowest BCUT2D eigenvalue weighted by molar-refractivity contribution is 0.0660. The summed E-state index contributed by atoms with van der Waals surface area (Å²) in [6.45, 7) is 10.3. The molecule has 0 aliphatic carbocycles. The number of rotatable bonds is 6. The van der Waals surface area contributed by atoms with Crippen molar-refractivity contribution in [1.82, 2.24) is 4.90 Å². The first-order valence-corrected chi connectivity index (χ1v) is 6.24. The second-order valence-corrected chi connectivity index (χ2v) is 5.04. The molecule has 0 saturated carbocycles. The molecule has 1 atom stereocenters. The Hall–Kier alpha value is -1.12. The molecule has 0 bridgehead atoms. The van der Waals surface area contributed by atoms with Crippen molar-refractivity contribution in [2.75, 3.05) is 14.1 Å². The van der Waals surface area contributed by atoms with Crippen molar-refractivity contribution >= 4 is 0 Å². The third kappa shape index (κ3) is 5.03. The zero-order chi connectivity index (χ0) is 14.5. The summed E-state index contributed by atoms with van der Waals surface area (Å²) in [7, 11) is 3.85. The van der Waals surface area contributed by atoms with Crippen molar-refractivity contribution in [3.05, 3.63) is 35.6 Å². The standard InChI is InChI=1S/C15H25F2N/c1-8-12(4)14(18(6)7)10-9-13(11(2)3)15(5,16)17/h9-10,12H,2,8H2,1,3-7H3/b13-9+,14-10+. The van der Waals surface area contributed by atoms with E-state index in [1.807, 2.05) is 19.0 Å². The van der Waals surface area contributed by atoms with Crippen molar-refractivity contribution < 1.29 is 8.78 Å². The zero-order valence-corrected chi connectivity index (χ0v) is 12.3. The molecule has 18 heavy (non-hydrogen) atoms. The molecule has 0 aromatic heterocycles. The van der Waals surface area contributed by atoms with Crippen LogP contribution in [0, 0.1) is 5.92 Å². The lowest BCUT2D eigenvalue weighted by Crippen LogP contribution is -2.18. The van der Waals surface area contributed by atoms with Crippen LogP contribution < -0.4 is 0 Å². The summed E-state index contributed by atoms with van der Waals surface area (Å²) in [5.74, 6) is -2.51. The Morgan fingerprint density at radius 3 is 2.11 bits per heavy atom. The normalized spacial score (nSPS) is 15.6. The van der Waals surface area contributed by atoms with Crippen LogP contribution in [0.25, 0.3) is 0 Å². The van der Waals surface area contributed by atoms with Gasteiger partial charge in [0.1, 0.15) is 0 Å². The van der Waals surface area contributed by atoms with Crippen molar-refractivity contribution in [3.63, 3.8) is 0 Å². The minimum absolute atomic E-state index is 0.00912. The Bertz CT molecular complexity index is 346. The van der Waals surface area contributed by atoms with Crippen molar-refractivity contribution in [2.24, 2.45) is 5.92 Å². The average molecular weight is 257 g/mol. The molecule has 0 N–H and O–H groups in total. The molecule has 0 amide bonds. The Balaban J connectivity index is 5.41. The van der Waals surface area contributed by atoms with Gasteiger partial charge < -0.3 is 4.90 Å². The van der Waals surface area contributed by atoms with E-state index in [2.05, 4.69) is 20.4 Å². The van der Waals surface area contributed by atoms with Gasteiger partial charge in [0.25, 0.3) is 5.92 Å². The maximum absolute atomic E-state index is 13.4. The first-order chi connectivity index (χ1) is 8.11. The average Bonchev–Trinajstić information content (AvgIpc) is 2.20. The van der Waals surface area contributed by atoms with Crippen LogP contribution in [0.15, 0.2) is 35.6 Å². The number of alkyl halides is 2. The molecule has 0 aromatic carbocycles. The maximum Gasteiger partial charge on any atom is 0.270 e. The van der Waals surface area contributed by atoms with E-state index in [9.17, 15) is 8.78 Å². The molecular weight excluding hydrogens is 232 g/mol. The lowest BCUT2D eigenvalue weighted by atomic mass is 10.00. The van der Waals surface area contributed by atoms with Gasteiger partial charge in [0.05, 0.1) is 0 Å². The fraction of sp³-hybridized carbons (Fsp3) is 0.600. The predicted molar refractivity (Wildman–Crippen MR) is 74.7 cm³/mol. The topological polar surface area (TPSA) is 3.24 Å². The summed E-state index contributed by atoms with van der Waals surface area (Å²) in [6.07, 6.45) is 4.24. The monoisotopic (exact) mass is 257 g/mol. The summed E-state index contributed by atoms with van der Waals surface area (Å²) >= 11 is 0. The van der Waals surface area contributed by atoms with Crippen molar-refractivity contribution in [1.29, 1.82) is 0 Å².